The first kappa shape index (κ1) is 12.3. The maximum atomic E-state index is 9.89. The Morgan fingerprint density at radius 3 is 3.00 bits per heavy atom. The molecule has 2 unspecified atom stereocenters. The van der Waals surface area contributed by atoms with Crippen LogP contribution < -0.4 is 10.6 Å². The molecule has 0 aromatic carbocycles. The fraction of sp³-hybridized carbons (Fsp3) is 0.615. The summed E-state index contributed by atoms with van der Waals surface area (Å²) in [5.41, 5.74) is 6.95. The first-order valence-corrected chi connectivity index (χ1v) is 6.22. The van der Waals surface area contributed by atoms with Gasteiger partial charge in [0, 0.05) is 25.3 Å². The van der Waals surface area contributed by atoms with Crippen LogP contribution in [0.2, 0.25) is 0 Å². The number of anilines is 1. The summed E-state index contributed by atoms with van der Waals surface area (Å²) in [5.74, 6) is 1.30. The smallest absolute Gasteiger partial charge is 0.128 e. The summed E-state index contributed by atoms with van der Waals surface area (Å²) in [7, 11) is 0. The van der Waals surface area contributed by atoms with Crippen molar-refractivity contribution in [1.82, 2.24) is 4.98 Å². The van der Waals surface area contributed by atoms with Crippen molar-refractivity contribution in [3.8, 4) is 0 Å². The van der Waals surface area contributed by atoms with Gasteiger partial charge < -0.3 is 15.7 Å². The summed E-state index contributed by atoms with van der Waals surface area (Å²) in [5, 5.41) is 9.89. The van der Waals surface area contributed by atoms with E-state index in [-0.39, 0.29) is 12.1 Å². The van der Waals surface area contributed by atoms with E-state index < -0.39 is 0 Å². The minimum atomic E-state index is -0.260. The molecule has 3 atom stereocenters. The van der Waals surface area contributed by atoms with Crippen molar-refractivity contribution in [2.75, 3.05) is 18.0 Å². The van der Waals surface area contributed by atoms with Gasteiger partial charge in [0.05, 0.1) is 6.10 Å². The fourth-order valence-electron chi connectivity index (χ4n) is 2.15. The van der Waals surface area contributed by atoms with E-state index in [0.717, 1.165) is 24.3 Å². The Morgan fingerprint density at radius 1 is 1.59 bits per heavy atom. The number of nitrogens with zero attached hydrogens (tertiary/aromatic N) is 2. The Labute approximate surface area is 102 Å². The van der Waals surface area contributed by atoms with Crippen LogP contribution in [-0.2, 0) is 0 Å². The molecule has 1 aliphatic heterocycles. The number of piperidine rings is 1. The quantitative estimate of drug-likeness (QED) is 0.811. The zero-order chi connectivity index (χ0) is 12.4. The molecule has 0 amide bonds. The lowest BCUT2D eigenvalue weighted by Gasteiger charge is -2.35. The van der Waals surface area contributed by atoms with Crippen LogP contribution in [0.5, 0.6) is 0 Å². The van der Waals surface area contributed by atoms with Crippen LogP contribution in [0.1, 0.15) is 31.9 Å². The molecule has 94 valence electrons. The predicted octanol–water partition coefficient (Wildman–Crippen LogP) is 1.31. The highest BCUT2D eigenvalue weighted by molar-refractivity contribution is 5.42. The van der Waals surface area contributed by atoms with Crippen molar-refractivity contribution in [3.05, 3.63) is 23.9 Å². The average Bonchev–Trinajstić information content (AvgIpc) is 2.33. The predicted molar refractivity (Wildman–Crippen MR) is 68.8 cm³/mol. The SMILES string of the molecule is CC1CCN(c2cc([C@@H](C)N)ccn2)CC1O. The Hall–Kier alpha value is -1.13. The van der Waals surface area contributed by atoms with Gasteiger partial charge in [0.1, 0.15) is 5.82 Å². The number of nitrogens with two attached hydrogens (primary N) is 1. The van der Waals surface area contributed by atoms with Crippen molar-refractivity contribution in [1.29, 1.82) is 0 Å². The second kappa shape index (κ2) is 5.02. The number of aliphatic hydroxyl groups is 1. The van der Waals surface area contributed by atoms with E-state index in [4.69, 9.17) is 5.73 Å². The minimum Gasteiger partial charge on any atom is -0.391 e. The van der Waals surface area contributed by atoms with E-state index in [1.54, 1.807) is 6.20 Å². The molecule has 4 heteroatoms. The highest BCUT2D eigenvalue weighted by Crippen LogP contribution is 2.23. The standard InChI is InChI=1S/C13H21N3O/c1-9-4-6-16(8-12(9)17)13-7-11(10(2)14)3-5-15-13/h3,5,7,9-10,12,17H,4,6,8,14H2,1-2H3/t9?,10-,12?/m1/s1. The van der Waals surface area contributed by atoms with Crippen molar-refractivity contribution in [2.45, 2.75) is 32.4 Å². The third kappa shape index (κ3) is 2.76. The number of hydrogen-bond donors (Lipinski definition) is 2. The van der Waals surface area contributed by atoms with Crippen LogP contribution in [0, 0.1) is 5.92 Å². The molecule has 17 heavy (non-hydrogen) atoms. The maximum absolute atomic E-state index is 9.89. The molecule has 0 spiro atoms. The van der Waals surface area contributed by atoms with E-state index in [1.165, 1.54) is 0 Å². The van der Waals surface area contributed by atoms with Gasteiger partial charge in [0.25, 0.3) is 0 Å². The number of rotatable bonds is 2. The molecule has 1 saturated heterocycles. The van der Waals surface area contributed by atoms with Crippen molar-refractivity contribution >= 4 is 5.82 Å². The Kier molecular flexibility index (Phi) is 3.64. The van der Waals surface area contributed by atoms with Gasteiger partial charge >= 0.3 is 0 Å². The molecule has 1 fully saturated rings. The van der Waals surface area contributed by atoms with Crippen LogP contribution in [0.4, 0.5) is 5.82 Å². The molecule has 2 rings (SSSR count). The summed E-state index contributed by atoms with van der Waals surface area (Å²) in [6, 6.07) is 3.98. The Morgan fingerprint density at radius 2 is 2.35 bits per heavy atom. The highest BCUT2D eigenvalue weighted by atomic mass is 16.3. The van der Waals surface area contributed by atoms with E-state index in [0.29, 0.717) is 12.5 Å². The average molecular weight is 235 g/mol. The van der Waals surface area contributed by atoms with E-state index in [1.807, 2.05) is 19.1 Å². The Balaban J connectivity index is 2.14. The second-order valence-electron chi connectivity index (χ2n) is 5.02. The van der Waals surface area contributed by atoms with Crippen LogP contribution >= 0.6 is 0 Å². The third-order valence-electron chi connectivity index (χ3n) is 3.54. The van der Waals surface area contributed by atoms with Crippen LogP contribution in [-0.4, -0.2) is 29.3 Å². The zero-order valence-corrected chi connectivity index (χ0v) is 10.5. The summed E-state index contributed by atoms with van der Waals surface area (Å²) < 4.78 is 0. The van der Waals surface area contributed by atoms with Crippen molar-refractivity contribution < 1.29 is 5.11 Å². The number of β-amino-alcohol motifs (C(OH)–C–C–N with tert-alkyl or cyclic N) is 1. The zero-order valence-electron chi connectivity index (χ0n) is 10.5. The minimum absolute atomic E-state index is 0.0189. The largest absolute Gasteiger partial charge is 0.391 e. The molecule has 0 radical (unpaired) electrons. The topological polar surface area (TPSA) is 62.4 Å². The lowest BCUT2D eigenvalue weighted by molar-refractivity contribution is 0.102. The lowest BCUT2D eigenvalue weighted by atomic mass is 9.96. The number of aromatic nitrogens is 1. The first-order valence-electron chi connectivity index (χ1n) is 6.22. The van der Waals surface area contributed by atoms with Gasteiger partial charge in [-0.2, -0.15) is 0 Å². The van der Waals surface area contributed by atoms with Crippen molar-refractivity contribution in [3.63, 3.8) is 0 Å². The highest BCUT2D eigenvalue weighted by Gasteiger charge is 2.25. The monoisotopic (exact) mass is 235 g/mol. The van der Waals surface area contributed by atoms with Crippen LogP contribution in [0.25, 0.3) is 0 Å². The molecule has 4 nitrogen and oxygen atoms in total. The summed E-state index contributed by atoms with van der Waals surface area (Å²) in [6.45, 7) is 5.67. The van der Waals surface area contributed by atoms with E-state index in [2.05, 4.69) is 16.8 Å². The van der Waals surface area contributed by atoms with Gasteiger partial charge in [-0.1, -0.05) is 6.92 Å². The number of pyridine rings is 1. The third-order valence-corrected chi connectivity index (χ3v) is 3.54. The van der Waals surface area contributed by atoms with Gasteiger partial charge in [0.2, 0.25) is 0 Å². The number of aliphatic hydroxyl groups excluding tert-OH is 1. The second-order valence-corrected chi connectivity index (χ2v) is 5.02. The Bertz CT molecular complexity index is 381. The van der Waals surface area contributed by atoms with Gasteiger partial charge in [-0.15, -0.1) is 0 Å². The van der Waals surface area contributed by atoms with E-state index in [9.17, 15) is 5.11 Å². The lowest BCUT2D eigenvalue weighted by Crippen LogP contribution is -2.43. The summed E-state index contributed by atoms with van der Waals surface area (Å²) in [4.78, 5) is 6.50. The first-order chi connectivity index (χ1) is 8.08. The molecule has 3 N–H and O–H groups in total. The van der Waals surface area contributed by atoms with Gasteiger partial charge in [0.15, 0.2) is 0 Å². The fourth-order valence-corrected chi connectivity index (χ4v) is 2.15. The van der Waals surface area contributed by atoms with Gasteiger partial charge in [-0.05, 0) is 37.0 Å². The molecule has 1 aromatic heterocycles. The molecule has 0 bridgehead atoms. The molecular weight excluding hydrogens is 214 g/mol. The van der Waals surface area contributed by atoms with Crippen molar-refractivity contribution in [2.24, 2.45) is 11.7 Å². The van der Waals surface area contributed by atoms with Gasteiger partial charge in [-0.3, -0.25) is 0 Å². The maximum Gasteiger partial charge on any atom is 0.128 e. The molecule has 1 aromatic rings. The molecule has 0 saturated carbocycles. The summed E-state index contributed by atoms with van der Waals surface area (Å²) >= 11 is 0. The van der Waals surface area contributed by atoms with E-state index >= 15 is 0 Å². The number of hydrogen-bond acceptors (Lipinski definition) is 4. The molecule has 0 aliphatic carbocycles. The molecule has 2 heterocycles. The summed E-state index contributed by atoms with van der Waals surface area (Å²) in [6.07, 6.45) is 2.54. The van der Waals surface area contributed by atoms with Gasteiger partial charge in [-0.25, -0.2) is 4.98 Å². The molecule has 1 aliphatic rings. The molecular formula is C13H21N3O. The van der Waals surface area contributed by atoms with Crippen LogP contribution in [0.3, 0.4) is 0 Å². The normalized spacial score (nSPS) is 26.9. The van der Waals surface area contributed by atoms with Crippen LogP contribution in [0.15, 0.2) is 18.3 Å².